The van der Waals surface area contributed by atoms with Gasteiger partial charge in [0.05, 0.1) is 0 Å². The predicted octanol–water partition coefficient (Wildman–Crippen LogP) is 7.51. The van der Waals surface area contributed by atoms with Gasteiger partial charge in [0.2, 0.25) is 0 Å². The fraction of sp³-hybridized carbons (Fsp3) is 0.577. The number of unbranched alkanes of at least 4 members (excludes halogenated alkanes) is 9. The molecule has 1 heterocycles. The van der Waals surface area contributed by atoms with Crippen LogP contribution in [0, 0.1) is 0 Å². The minimum Gasteiger partial charge on any atom is -0.202 e. The van der Waals surface area contributed by atoms with Crippen LogP contribution in [0.5, 0.6) is 0 Å². The number of hydrogen-bond acceptors (Lipinski definition) is 0. The van der Waals surface area contributed by atoms with Crippen LogP contribution < -0.4 is 4.57 Å². The van der Waals surface area contributed by atoms with E-state index >= 15 is 0 Å². The summed E-state index contributed by atoms with van der Waals surface area (Å²) < 4.78 is 2.49. The Morgan fingerprint density at radius 2 is 1.26 bits per heavy atom. The number of aromatic nitrogens is 1. The first-order valence-corrected chi connectivity index (χ1v) is 11.4. The summed E-state index contributed by atoms with van der Waals surface area (Å²) in [5, 5.41) is 0. The normalized spacial score (nSPS) is 11.0. The van der Waals surface area contributed by atoms with Crippen LogP contribution in [0.25, 0.3) is 11.1 Å². The van der Waals surface area contributed by atoms with Crippen molar-refractivity contribution in [2.24, 2.45) is 0 Å². The fourth-order valence-electron chi connectivity index (χ4n) is 3.85. The van der Waals surface area contributed by atoms with Crippen LogP contribution in [0.2, 0.25) is 0 Å². The molecular formula is C26H40N+. The fourth-order valence-corrected chi connectivity index (χ4v) is 3.85. The highest BCUT2D eigenvalue weighted by Crippen LogP contribution is 2.19. The summed E-state index contributed by atoms with van der Waals surface area (Å²) in [7, 11) is 0. The molecule has 0 aliphatic rings. The van der Waals surface area contributed by atoms with Crippen molar-refractivity contribution in [3.8, 4) is 11.1 Å². The van der Waals surface area contributed by atoms with Crippen LogP contribution in [0.4, 0.5) is 0 Å². The van der Waals surface area contributed by atoms with Gasteiger partial charge in [-0.15, -0.1) is 0 Å². The summed E-state index contributed by atoms with van der Waals surface area (Å²) in [6, 6.07) is 15.4. The highest BCUT2D eigenvalue weighted by molar-refractivity contribution is 5.62. The molecule has 2 rings (SSSR count). The first kappa shape index (κ1) is 21.7. The Morgan fingerprint density at radius 3 is 1.89 bits per heavy atom. The molecule has 0 radical (unpaired) electrons. The van der Waals surface area contributed by atoms with Crippen LogP contribution in [-0.4, -0.2) is 0 Å². The standard InChI is InChI=1S/C26H40N/c1-3-5-6-7-8-9-10-11-12-16-21-27-22-20-25(23-26(27)17-4-2)24-18-14-13-15-19-24/h13-15,18-20,22-23H,3-12,16-17,21H2,1-2H3/q+1. The number of benzene rings is 1. The average molecular weight is 367 g/mol. The highest BCUT2D eigenvalue weighted by atomic mass is 14.9. The van der Waals surface area contributed by atoms with Gasteiger partial charge in [-0.05, 0) is 24.0 Å². The van der Waals surface area contributed by atoms with Gasteiger partial charge in [-0.3, -0.25) is 0 Å². The van der Waals surface area contributed by atoms with Gasteiger partial charge in [-0.25, -0.2) is 4.57 Å². The minimum absolute atomic E-state index is 1.17. The maximum atomic E-state index is 2.49. The Kier molecular flexibility index (Phi) is 10.9. The van der Waals surface area contributed by atoms with Crippen LogP contribution in [0.3, 0.4) is 0 Å². The van der Waals surface area contributed by atoms with Crippen LogP contribution in [0.15, 0.2) is 48.7 Å². The predicted molar refractivity (Wildman–Crippen MR) is 118 cm³/mol. The zero-order valence-corrected chi connectivity index (χ0v) is 17.8. The molecule has 0 atom stereocenters. The summed E-state index contributed by atoms with van der Waals surface area (Å²) in [6.45, 7) is 5.74. The van der Waals surface area contributed by atoms with Gasteiger partial charge >= 0.3 is 0 Å². The van der Waals surface area contributed by atoms with E-state index in [-0.39, 0.29) is 0 Å². The van der Waals surface area contributed by atoms with Gasteiger partial charge in [0.15, 0.2) is 11.9 Å². The van der Waals surface area contributed by atoms with E-state index in [1.807, 2.05) is 0 Å². The third kappa shape index (κ3) is 8.28. The second kappa shape index (κ2) is 13.5. The van der Waals surface area contributed by atoms with Gasteiger partial charge in [0.25, 0.3) is 0 Å². The van der Waals surface area contributed by atoms with E-state index in [1.165, 1.54) is 100 Å². The molecule has 0 aliphatic heterocycles. The van der Waals surface area contributed by atoms with Gasteiger partial charge in [0.1, 0.15) is 6.54 Å². The molecular weight excluding hydrogens is 326 g/mol. The Bertz CT molecular complexity index is 617. The smallest absolute Gasteiger partial charge is 0.181 e. The van der Waals surface area contributed by atoms with Crippen molar-refractivity contribution >= 4 is 0 Å². The molecule has 0 fully saturated rings. The third-order valence-corrected chi connectivity index (χ3v) is 5.49. The van der Waals surface area contributed by atoms with E-state index in [2.05, 4.69) is 67.1 Å². The molecule has 27 heavy (non-hydrogen) atoms. The molecule has 0 saturated carbocycles. The Hall–Kier alpha value is -1.63. The Morgan fingerprint density at radius 1 is 0.630 bits per heavy atom. The first-order valence-electron chi connectivity index (χ1n) is 11.4. The number of rotatable bonds is 14. The molecule has 0 bridgehead atoms. The lowest BCUT2D eigenvalue weighted by Gasteiger charge is -2.07. The van der Waals surface area contributed by atoms with Crippen molar-refractivity contribution in [1.29, 1.82) is 0 Å². The van der Waals surface area contributed by atoms with Crippen LogP contribution >= 0.6 is 0 Å². The number of nitrogens with zero attached hydrogens (tertiary/aromatic N) is 1. The number of hydrogen-bond donors (Lipinski definition) is 0. The van der Waals surface area contributed by atoms with Crippen molar-refractivity contribution in [3.05, 3.63) is 54.4 Å². The van der Waals surface area contributed by atoms with Crippen molar-refractivity contribution in [3.63, 3.8) is 0 Å². The molecule has 1 aromatic carbocycles. The van der Waals surface area contributed by atoms with Crippen molar-refractivity contribution in [1.82, 2.24) is 0 Å². The highest BCUT2D eigenvalue weighted by Gasteiger charge is 2.11. The zero-order chi connectivity index (χ0) is 19.2. The monoisotopic (exact) mass is 366 g/mol. The lowest BCUT2D eigenvalue weighted by atomic mass is 10.0. The van der Waals surface area contributed by atoms with Gasteiger partial charge in [-0.1, -0.05) is 95.5 Å². The van der Waals surface area contributed by atoms with Crippen LogP contribution in [0.1, 0.15) is 90.2 Å². The summed E-state index contributed by atoms with van der Waals surface area (Å²) in [4.78, 5) is 0. The topological polar surface area (TPSA) is 3.88 Å². The SMILES string of the molecule is CCCCCCCCCCCC[n+]1ccc(-c2ccccc2)cc1CCC. The molecule has 0 unspecified atom stereocenters. The van der Waals surface area contributed by atoms with E-state index in [4.69, 9.17) is 0 Å². The molecule has 0 spiro atoms. The van der Waals surface area contributed by atoms with Crippen molar-refractivity contribution in [2.75, 3.05) is 0 Å². The molecule has 0 aliphatic carbocycles. The second-order valence-corrected chi connectivity index (χ2v) is 7.90. The van der Waals surface area contributed by atoms with E-state index in [1.54, 1.807) is 0 Å². The second-order valence-electron chi connectivity index (χ2n) is 7.90. The first-order chi connectivity index (χ1) is 13.3. The van der Waals surface area contributed by atoms with Crippen molar-refractivity contribution < 1.29 is 4.57 Å². The molecule has 1 heteroatoms. The summed E-state index contributed by atoms with van der Waals surface area (Å²) >= 11 is 0. The lowest BCUT2D eigenvalue weighted by Crippen LogP contribution is -2.38. The van der Waals surface area contributed by atoms with E-state index < -0.39 is 0 Å². The summed E-state index contributed by atoms with van der Waals surface area (Å²) in [5.41, 5.74) is 4.15. The van der Waals surface area contributed by atoms with Gasteiger partial charge < -0.3 is 0 Å². The molecule has 0 amide bonds. The molecule has 1 nitrogen and oxygen atoms in total. The lowest BCUT2D eigenvalue weighted by molar-refractivity contribution is -0.704. The number of aryl methyl sites for hydroxylation is 2. The Balaban J connectivity index is 1.74. The maximum Gasteiger partial charge on any atom is 0.181 e. The third-order valence-electron chi connectivity index (χ3n) is 5.49. The summed E-state index contributed by atoms with van der Waals surface area (Å²) in [5.74, 6) is 0. The van der Waals surface area contributed by atoms with Gasteiger partial charge in [-0.2, -0.15) is 0 Å². The zero-order valence-electron chi connectivity index (χ0n) is 17.8. The largest absolute Gasteiger partial charge is 0.202 e. The maximum absolute atomic E-state index is 2.49. The molecule has 1 aromatic heterocycles. The summed E-state index contributed by atoms with van der Waals surface area (Å²) in [6.07, 6.45) is 18.7. The van der Waals surface area contributed by atoms with Crippen molar-refractivity contribution in [2.45, 2.75) is 97.4 Å². The minimum atomic E-state index is 1.17. The Labute approximate surface area is 167 Å². The molecule has 0 saturated heterocycles. The molecule has 148 valence electrons. The molecule has 2 aromatic rings. The van der Waals surface area contributed by atoms with E-state index in [0.717, 1.165) is 0 Å². The van der Waals surface area contributed by atoms with E-state index in [0.29, 0.717) is 0 Å². The van der Waals surface area contributed by atoms with Crippen LogP contribution in [-0.2, 0) is 13.0 Å². The molecule has 0 N–H and O–H groups in total. The van der Waals surface area contributed by atoms with Gasteiger partial charge in [0, 0.05) is 25.0 Å². The quantitative estimate of drug-likeness (QED) is 0.240. The average Bonchev–Trinajstić information content (AvgIpc) is 2.71. The number of pyridine rings is 1. The van der Waals surface area contributed by atoms with E-state index in [9.17, 15) is 0 Å².